The number of nitrogens with zero attached hydrogens (tertiary/aromatic N) is 1. The van der Waals surface area contributed by atoms with Gasteiger partial charge < -0.3 is 0 Å². The van der Waals surface area contributed by atoms with Crippen LogP contribution in [0.25, 0.3) is 0 Å². The molecule has 0 radical (unpaired) electrons. The first kappa shape index (κ1) is 16.3. The van der Waals surface area contributed by atoms with Crippen LogP contribution in [0.2, 0.25) is 0 Å². The van der Waals surface area contributed by atoms with Crippen LogP contribution in [0.15, 0.2) is 0 Å². The van der Waals surface area contributed by atoms with Crippen LogP contribution in [0.1, 0.15) is 39.5 Å². The zero-order chi connectivity index (χ0) is 16.3. The molecule has 1 aliphatic heterocycles. The molecule has 3 aliphatic rings. The van der Waals surface area contributed by atoms with E-state index in [0.717, 1.165) is 6.42 Å². The van der Waals surface area contributed by atoms with E-state index in [4.69, 9.17) is 0 Å². The summed E-state index contributed by atoms with van der Waals surface area (Å²) in [4.78, 5) is 12.4. The van der Waals surface area contributed by atoms with Crippen LogP contribution >= 0.6 is 0 Å². The van der Waals surface area contributed by atoms with Gasteiger partial charge in [0.05, 0.1) is 5.75 Å². The number of alkyl halides is 2. The van der Waals surface area contributed by atoms with Crippen molar-refractivity contribution in [1.82, 2.24) is 4.31 Å². The topological polar surface area (TPSA) is 54.5 Å². The summed E-state index contributed by atoms with van der Waals surface area (Å²) in [5, 5.41) is 0. The average molecular weight is 335 g/mol. The Balaban J connectivity index is 1.72. The molecule has 3 fully saturated rings. The number of carbonyl (C=O) groups excluding carboxylic acids is 1. The molecule has 7 heteroatoms. The van der Waals surface area contributed by atoms with E-state index < -0.39 is 21.9 Å². The molecule has 0 aromatic carbocycles. The van der Waals surface area contributed by atoms with Crippen molar-refractivity contribution in [1.29, 1.82) is 0 Å². The number of hydrogen-bond acceptors (Lipinski definition) is 3. The fourth-order valence-electron chi connectivity index (χ4n) is 4.66. The Morgan fingerprint density at radius 3 is 2.41 bits per heavy atom. The molecule has 2 bridgehead atoms. The average Bonchev–Trinajstić information content (AvgIpc) is 2.66. The summed E-state index contributed by atoms with van der Waals surface area (Å²) in [5.41, 5.74) is -1.06. The van der Waals surface area contributed by atoms with Crippen molar-refractivity contribution in [3.05, 3.63) is 0 Å². The van der Waals surface area contributed by atoms with Crippen molar-refractivity contribution in [2.75, 3.05) is 18.8 Å². The van der Waals surface area contributed by atoms with Crippen molar-refractivity contribution in [2.24, 2.45) is 22.7 Å². The molecule has 2 aliphatic carbocycles. The standard InChI is InChI=1S/C15H23F2NO3S/c1-14(2)11-3-4-15(14,12(19)6-11)9-22(20,21)18-7-10(8-18)5-13(16)17/h10-11,13H,3-9H2,1-2H3. The molecule has 126 valence electrons. The second kappa shape index (κ2) is 4.97. The van der Waals surface area contributed by atoms with Gasteiger partial charge in [-0.2, -0.15) is 0 Å². The van der Waals surface area contributed by atoms with Gasteiger partial charge in [0, 0.05) is 31.3 Å². The third kappa shape index (κ3) is 2.23. The van der Waals surface area contributed by atoms with Gasteiger partial charge in [0.1, 0.15) is 5.78 Å². The number of ketones is 1. The zero-order valence-electron chi connectivity index (χ0n) is 13.0. The molecule has 0 aromatic rings. The van der Waals surface area contributed by atoms with Gasteiger partial charge in [0.25, 0.3) is 0 Å². The molecule has 2 unspecified atom stereocenters. The minimum atomic E-state index is -3.56. The summed E-state index contributed by atoms with van der Waals surface area (Å²) >= 11 is 0. The van der Waals surface area contributed by atoms with E-state index in [2.05, 4.69) is 0 Å². The number of rotatable bonds is 5. The lowest BCUT2D eigenvalue weighted by molar-refractivity contribution is -0.128. The quantitative estimate of drug-likeness (QED) is 0.775. The van der Waals surface area contributed by atoms with E-state index in [9.17, 15) is 22.0 Å². The molecule has 1 heterocycles. The van der Waals surface area contributed by atoms with Crippen LogP contribution in [0.3, 0.4) is 0 Å². The minimum Gasteiger partial charge on any atom is -0.299 e. The molecule has 22 heavy (non-hydrogen) atoms. The maximum atomic E-state index is 12.6. The smallest absolute Gasteiger partial charge is 0.239 e. The first-order chi connectivity index (χ1) is 10.1. The molecule has 2 atom stereocenters. The van der Waals surface area contributed by atoms with E-state index in [0.29, 0.717) is 12.8 Å². The molecule has 1 saturated heterocycles. The lowest BCUT2D eigenvalue weighted by atomic mass is 9.70. The van der Waals surface area contributed by atoms with E-state index in [1.165, 1.54) is 4.31 Å². The minimum absolute atomic E-state index is 0.0713. The lowest BCUT2D eigenvalue weighted by Gasteiger charge is -2.42. The summed E-state index contributed by atoms with van der Waals surface area (Å²) in [6, 6.07) is 0. The number of hydrogen-bond donors (Lipinski definition) is 0. The van der Waals surface area contributed by atoms with Crippen molar-refractivity contribution < 1.29 is 22.0 Å². The van der Waals surface area contributed by atoms with E-state index in [1.54, 1.807) is 0 Å². The third-order valence-corrected chi connectivity index (χ3v) is 8.34. The SMILES string of the molecule is CC1(C)C2CCC1(CS(=O)(=O)N1CC(CC(F)F)C1)C(=O)C2. The van der Waals surface area contributed by atoms with Gasteiger partial charge in [-0.1, -0.05) is 13.8 Å². The van der Waals surface area contributed by atoms with Crippen LogP contribution in [-0.2, 0) is 14.8 Å². The van der Waals surface area contributed by atoms with E-state index >= 15 is 0 Å². The fraction of sp³-hybridized carbons (Fsp3) is 0.933. The Hall–Kier alpha value is -0.560. The highest BCUT2D eigenvalue weighted by Crippen LogP contribution is 2.64. The summed E-state index contributed by atoms with van der Waals surface area (Å²) in [7, 11) is -3.56. The molecular formula is C15H23F2NO3S. The van der Waals surface area contributed by atoms with Crippen molar-refractivity contribution in [3.63, 3.8) is 0 Å². The van der Waals surface area contributed by atoms with Gasteiger partial charge in [-0.25, -0.2) is 21.5 Å². The van der Waals surface area contributed by atoms with Crippen molar-refractivity contribution in [2.45, 2.75) is 46.0 Å². The molecule has 4 nitrogen and oxygen atoms in total. The Bertz CT molecular complexity index is 584. The fourth-order valence-corrected chi connectivity index (χ4v) is 7.02. The van der Waals surface area contributed by atoms with Gasteiger partial charge in [0.15, 0.2) is 0 Å². The van der Waals surface area contributed by atoms with E-state index in [-0.39, 0.29) is 48.3 Å². The van der Waals surface area contributed by atoms with Crippen LogP contribution in [0.5, 0.6) is 0 Å². The van der Waals surface area contributed by atoms with Crippen molar-refractivity contribution >= 4 is 15.8 Å². The monoisotopic (exact) mass is 335 g/mol. The van der Waals surface area contributed by atoms with Crippen LogP contribution in [0, 0.1) is 22.7 Å². The second-order valence-corrected chi connectivity index (χ2v) is 9.70. The molecule has 0 amide bonds. The van der Waals surface area contributed by atoms with Gasteiger partial charge in [-0.3, -0.25) is 4.79 Å². The number of Topliss-reactive ketones (excluding diaryl/α,β-unsaturated/α-hetero) is 1. The van der Waals surface area contributed by atoms with Gasteiger partial charge in [-0.15, -0.1) is 0 Å². The molecule has 2 saturated carbocycles. The van der Waals surface area contributed by atoms with E-state index in [1.807, 2.05) is 13.8 Å². The summed E-state index contributed by atoms with van der Waals surface area (Å²) in [6.45, 7) is 4.34. The summed E-state index contributed by atoms with van der Waals surface area (Å²) in [5.74, 6) is -0.0555. The number of fused-ring (bicyclic) bond motifs is 2. The number of sulfonamides is 1. The molecular weight excluding hydrogens is 312 g/mol. The Kier molecular flexibility index (Phi) is 3.68. The second-order valence-electron chi connectivity index (χ2n) is 7.73. The number of halogens is 2. The Morgan fingerprint density at radius 1 is 1.32 bits per heavy atom. The van der Waals surface area contributed by atoms with Crippen LogP contribution in [0.4, 0.5) is 8.78 Å². The van der Waals surface area contributed by atoms with Gasteiger partial charge in [-0.05, 0) is 30.1 Å². The lowest BCUT2D eigenvalue weighted by Crippen LogP contribution is -2.54. The maximum Gasteiger partial charge on any atom is 0.239 e. The van der Waals surface area contributed by atoms with Crippen LogP contribution in [-0.4, -0.2) is 43.8 Å². The van der Waals surface area contributed by atoms with Crippen molar-refractivity contribution in [3.8, 4) is 0 Å². The highest BCUT2D eigenvalue weighted by atomic mass is 32.2. The molecule has 3 rings (SSSR count). The van der Waals surface area contributed by atoms with Crippen LogP contribution < -0.4 is 0 Å². The highest BCUT2D eigenvalue weighted by Gasteiger charge is 2.65. The normalized spacial score (nSPS) is 35.3. The molecule has 0 spiro atoms. The number of carbonyl (C=O) groups is 1. The van der Waals surface area contributed by atoms with Gasteiger partial charge >= 0.3 is 0 Å². The van der Waals surface area contributed by atoms with Gasteiger partial charge in [0.2, 0.25) is 16.4 Å². The third-order valence-electron chi connectivity index (χ3n) is 6.40. The summed E-state index contributed by atoms with van der Waals surface area (Å²) < 4.78 is 51.1. The first-order valence-electron chi connectivity index (χ1n) is 7.88. The molecule has 0 aromatic heterocycles. The maximum absolute atomic E-state index is 12.6. The Morgan fingerprint density at radius 2 is 1.95 bits per heavy atom. The summed E-state index contributed by atoms with van der Waals surface area (Å²) in [6.07, 6.45) is -0.612. The predicted octanol–water partition coefficient (Wildman–Crippen LogP) is 2.30. The molecule has 0 N–H and O–H groups in total. The predicted molar refractivity (Wildman–Crippen MR) is 78.0 cm³/mol. The highest BCUT2D eigenvalue weighted by molar-refractivity contribution is 7.89. The first-order valence-corrected chi connectivity index (χ1v) is 9.49. The Labute approximate surface area is 130 Å². The zero-order valence-corrected chi connectivity index (χ0v) is 13.8. The largest absolute Gasteiger partial charge is 0.299 e.